The molecule has 0 aromatic heterocycles. The van der Waals surface area contributed by atoms with Crippen LogP contribution < -0.4 is 16.0 Å². The molecule has 2 aliphatic heterocycles. The van der Waals surface area contributed by atoms with Gasteiger partial charge in [0.2, 0.25) is 23.6 Å². The van der Waals surface area contributed by atoms with Crippen molar-refractivity contribution in [3.8, 4) is 0 Å². The Morgan fingerprint density at radius 2 is 1.74 bits per heavy atom. The maximum atomic E-state index is 13.9. The normalized spacial score (nSPS) is 23.4. The molecule has 1 aromatic carbocycles. The molecule has 4 amide bonds. The molecule has 0 radical (unpaired) electrons. The van der Waals surface area contributed by atoms with Crippen LogP contribution in [0.4, 0.5) is 0 Å². The van der Waals surface area contributed by atoms with Gasteiger partial charge in [0.15, 0.2) is 0 Å². The molecule has 2 saturated heterocycles. The third kappa shape index (κ3) is 5.83. The highest BCUT2D eigenvalue weighted by Gasteiger charge is 2.54. The fourth-order valence-electron chi connectivity index (χ4n) is 5.07. The smallest absolute Gasteiger partial charge is 0.246 e. The Morgan fingerprint density at radius 3 is 2.31 bits per heavy atom. The standard InChI is InChI=1S/C26H39N5O4/c1-16(27-6)23(33)29-22(26(3,4)5)25(35)30-13-12-20-21(30)19(15-31(20)17(2)32)24(34)28-14-18-10-8-7-9-11-18/h7-11,16,19-22,27H,12-15H2,1-6H3,(H,28,34)(H,29,33). The third-order valence-corrected chi connectivity index (χ3v) is 7.19. The molecule has 3 N–H and O–H groups in total. The molecule has 35 heavy (non-hydrogen) atoms. The summed E-state index contributed by atoms with van der Waals surface area (Å²) in [5, 5.41) is 8.81. The van der Waals surface area contributed by atoms with Gasteiger partial charge in [-0.1, -0.05) is 51.1 Å². The monoisotopic (exact) mass is 485 g/mol. The number of fused-ring (bicyclic) bond motifs is 1. The van der Waals surface area contributed by atoms with Gasteiger partial charge < -0.3 is 25.8 Å². The van der Waals surface area contributed by atoms with Crippen molar-refractivity contribution < 1.29 is 19.2 Å². The summed E-state index contributed by atoms with van der Waals surface area (Å²) in [5.41, 5.74) is 0.440. The van der Waals surface area contributed by atoms with E-state index in [1.807, 2.05) is 51.1 Å². The molecular formula is C26H39N5O4. The number of likely N-dealkylation sites (tertiary alicyclic amines) is 2. The van der Waals surface area contributed by atoms with Crippen molar-refractivity contribution in [2.24, 2.45) is 11.3 Å². The van der Waals surface area contributed by atoms with Gasteiger partial charge in [-0.25, -0.2) is 0 Å². The van der Waals surface area contributed by atoms with E-state index in [-0.39, 0.29) is 36.2 Å². The van der Waals surface area contributed by atoms with E-state index in [2.05, 4.69) is 16.0 Å². The fraction of sp³-hybridized carbons (Fsp3) is 0.615. The number of nitrogens with one attached hydrogen (secondary N) is 3. The van der Waals surface area contributed by atoms with Crippen LogP contribution in [0.25, 0.3) is 0 Å². The van der Waals surface area contributed by atoms with Crippen LogP contribution in [0, 0.1) is 11.3 Å². The molecule has 5 unspecified atom stereocenters. The van der Waals surface area contributed by atoms with Gasteiger partial charge in [-0.3, -0.25) is 19.2 Å². The van der Waals surface area contributed by atoms with E-state index in [9.17, 15) is 19.2 Å². The number of hydrogen-bond acceptors (Lipinski definition) is 5. The summed E-state index contributed by atoms with van der Waals surface area (Å²) in [6.45, 7) is 10.1. The molecule has 2 fully saturated rings. The average molecular weight is 486 g/mol. The maximum Gasteiger partial charge on any atom is 0.246 e. The molecular weight excluding hydrogens is 446 g/mol. The Labute approximate surface area is 208 Å². The van der Waals surface area contributed by atoms with E-state index >= 15 is 0 Å². The number of amides is 4. The molecule has 1 aromatic rings. The summed E-state index contributed by atoms with van der Waals surface area (Å²) in [4.78, 5) is 55.6. The zero-order valence-corrected chi connectivity index (χ0v) is 21.6. The minimum Gasteiger partial charge on any atom is -0.352 e. The topological polar surface area (TPSA) is 111 Å². The molecule has 5 atom stereocenters. The van der Waals surface area contributed by atoms with Crippen molar-refractivity contribution in [2.45, 2.75) is 71.8 Å². The van der Waals surface area contributed by atoms with Gasteiger partial charge in [-0.15, -0.1) is 0 Å². The van der Waals surface area contributed by atoms with E-state index in [0.29, 0.717) is 19.5 Å². The first kappa shape index (κ1) is 26.7. The van der Waals surface area contributed by atoms with Crippen LogP contribution in [0.15, 0.2) is 30.3 Å². The second-order valence-electron chi connectivity index (χ2n) is 10.7. The molecule has 9 heteroatoms. The van der Waals surface area contributed by atoms with Crippen LogP contribution in [0.3, 0.4) is 0 Å². The molecule has 192 valence electrons. The van der Waals surface area contributed by atoms with Gasteiger partial charge in [0.25, 0.3) is 0 Å². The quantitative estimate of drug-likeness (QED) is 0.531. The predicted molar refractivity (Wildman–Crippen MR) is 133 cm³/mol. The van der Waals surface area contributed by atoms with E-state index < -0.39 is 29.5 Å². The summed E-state index contributed by atoms with van der Waals surface area (Å²) in [7, 11) is 1.69. The molecule has 9 nitrogen and oxygen atoms in total. The molecule has 0 spiro atoms. The zero-order chi connectivity index (χ0) is 25.9. The summed E-state index contributed by atoms with van der Waals surface area (Å²) >= 11 is 0. The van der Waals surface area contributed by atoms with Crippen LogP contribution in [-0.2, 0) is 25.7 Å². The number of nitrogens with zero attached hydrogens (tertiary/aromatic N) is 2. The lowest BCUT2D eigenvalue weighted by Crippen LogP contribution is -2.59. The highest BCUT2D eigenvalue weighted by Crippen LogP contribution is 2.37. The fourth-order valence-corrected chi connectivity index (χ4v) is 5.07. The van der Waals surface area contributed by atoms with E-state index in [0.717, 1.165) is 5.56 Å². The molecule has 3 rings (SSSR count). The minimum atomic E-state index is -0.760. The lowest BCUT2D eigenvalue weighted by Gasteiger charge is -2.37. The van der Waals surface area contributed by atoms with Crippen molar-refractivity contribution >= 4 is 23.6 Å². The average Bonchev–Trinajstić information content (AvgIpc) is 3.40. The van der Waals surface area contributed by atoms with Crippen LogP contribution in [0.1, 0.15) is 46.6 Å². The Hall–Kier alpha value is -2.94. The lowest BCUT2D eigenvalue weighted by atomic mass is 9.85. The number of carbonyl (C=O) groups is 4. The van der Waals surface area contributed by atoms with Crippen LogP contribution in [0.2, 0.25) is 0 Å². The Balaban J connectivity index is 1.83. The third-order valence-electron chi connectivity index (χ3n) is 7.19. The van der Waals surface area contributed by atoms with Gasteiger partial charge >= 0.3 is 0 Å². The second kappa shape index (κ2) is 10.8. The minimum absolute atomic E-state index is 0.101. The Kier molecular flexibility index (Phi) is 8.20. The first-order valence-corrected chi connectivity index (χ1v) is 12.3. The SMILES string of the molecule is CNC(C)C(=O)NC(C(=O)N1CCC2C1C(C(=O)NCc1ccccc1)CN2C(C)=O)C(C)(C)C. The highest BCUT2D eigenvalue weighted by molar-refractivity contribution is 5.91. The van der Waals surface area contributed by atoms with Crippen LogP contribution in [0.5, 0.6) is 0 Å². The largest absolute Gasteiger partial charge is 0.352 e. The maximum absolute atomic E-state index is 13.9. The summed E-state index contributed by atoms with van der Waals surface area (Å²) in [6, 6.07) is 7.78. The van der Waals surface area contributed by atoms with Gasteiger partial charge in [0.05, 0.1) is 24.0 Å². The predicted octanol–water partition coefficient (Wildman–Crippen LogP) is 0.889. The van der Waals surface area contributed by atoms with E-state index in [4.69, 9.17) is 0 Å². The highest BCUT2D eigenvalue weighted by atomic mass is 16.2. The van der Waals surface area contributed by atoms with Crippen molar-refractivity contribution in [1.82, 2.24) is 25.8 Å². The second-order valence-corrected chi connectivity index (χ2v) is 10.7. The van der Waals surface area contributed by atoms with Crippen molar-refractivity contribution in [3.05, 3.63) is 35.9 Å². The first-order valence-electron chi connectivity index (χ1n) is 12.3. The van der Waals surface area contributed by atoms with E-state index in [1.54, 1.807) is 23.8 Å². The van der Waals surface area contributed by atoms with Gasteiger partial charge in [0.1, 0.15) is 6.04 Å². The Morgan fingerprint density at radius 1 is 1.09 bits per heavy atom. The number of rotatable bonds is 7. The zero-order valence-electron chi connectivity index (χ0n) is 21.6. The number of benzene rings is 1. The number of hydrogen-bond donors (Lipinski definition) is 3. The Bertz CT molecular complexity index is 945. The van der Waals surface area contributed by atoms with Gasteiger partial charge in [0, 0.05) is 26.6 Å². The number of likely N-dealkylation sites (N-methyl/N-ethyl adjacent to an activating group) is 1. The summed E-state index contributed by atoms with van der Waals surface area (Å²) in [5.74, 6) is -1.28. The molecule has 2 heterocycles. The number of carbonyl (C=O) groups excluding carboxylic acids is 4. The summed E-state index contributed by atoms with van der Waals surface area (Å²) < 4.78 is 0. The van der Waals surface area contributed by atoms with Gasteiger partial charge in [-0.05, 0) is 31.4 Å². The van der Waals surface area contributed by atoms with Gasteiger partial charge in [-0.2, -0.15) is 0 Å². The van der Waals surface area contributed by atoms with Crippen molar-refractivity contribution in [3.63, 3.8) is 0 Å². The van der Waals surface area contributed by atoms with E-state index in [1.165, 1.54) is 6.92 Å². The van der Waals surface area contributed by atoms with Crippen LogP contribution >= 0.6 is 0 Å². The van der Waals surface area contributed by atoms with Crippen molar-refractivity contribution in [1.29, 1.82) is 0 Å². The lowest BCUT2D eigenvalue weighted by molar-refractivity contribution is -0.142. The van der Waals surface area contributed by atoms with Crippen LogP contribution in [-0.4, -0.2) is 77.7 Å². The first-order chi connectivity index (χ1) is 16.5. The van der Waals surface area contributed by atoms with Crippen molar-refractivity contribution in [2.75, 3.05) is 20.1 Å². The molecule has 0 aliphatic carbocycles. The molecule has 0 saturated carbocycles. The molecule has 2 aliphatic rings. The molecule has 0 bridgehead atoms. The summed E-state index contributed by atoms with van der Waals surface area (Å²) in [6.07, 6.45) is 0.607.